The van der Waals surface area contributed by atoms with Gasteiger partial charge >= 0.3 is 0 Å². The minimum absolute atomic E-state index is 0.0933. The molecule has 0 N–H and O–H groups in total. The number of halogens is 1. The van der Waals surface area contributed by atoms with Crippen molar-refractivity contribution in [3.8, 4) is 0 Å². The number of hydrogen-bond donors (Lipinski definition) is 0. The van der Waals surface area contributed by atoms with Crippen molar-refractivity contribution in [3.05, 3.63) is 48.3 Å². The highest BCUT2D eigenvalue weighted by molar-refractivity contribution is 5.80. The average molecular weight is 316 g/mol. The van der Waals surface area contributed by atoms with Crippen molar-refractivity contribution in [2.75, 3.05) is 13.1 Å². The Balaban J connectivity index is 1.52. The Morgan fingerprint density at radius 1 is 1.30 bits per heavy atom. The molecule has 1 aliphatic heterocycles. The number of nitrogens with zero attached hydrogens (tertiary/aromatic N) is 4. The maximum absolute atomic E-state index is 12.9. The van der Waals surface area contributed by atoms with Crippen LogP contribution in [0.25, 0.3) is 0 Å². The van der Waals surface area contributed by atoms with Crippen molar-refractivity contribution in [3.63, 3.8) is 0 Å². The van der Waals surface area contributed by atoms with Crippen molar-refractivity contribution in [1.29, 1.82) is 0 Å². The molecule has 1 aromatic heterocycles. The van der Waals surface area contributed by atoms with E-state index in [9.17, 15) is 9.18 Å². The van der Waals surface area contributed by atoms with Crippen LogP contribution in [0.1, 0.15) is 31.4 Å². The fraction of sp³-hybridized carbons (Fsp3) is 0.471. The molecule has 0 unspecified atom stereocenters. The van der Waals surface area contributed by atoms with Crippen molar-refractivity contribution in [2.24, 2.45) is 5.92 Å². The Kier molecular flexibility index (Phi) is 4.69. The van der Waals surface area contributed by atoms with E-state index < -0.39 is 0 Å². The van der Waals surface area contributed by atoms with Gasteiger partial charge in [0.1, 0.15) is 24.5 Å². The average Bonchev–Trinajstić information content (AvgIpc) is 3.11. The lowest BCUT2D eigenvalue weighted by molar-refractivity contribution is -0.136. The summed E-state index contributed by atoms with van der Waals surface area (Å²) in [5.41, 5.74) is 1.16. The zero-order valence-electron chi connectivity index (χ0n) is 13.2. The molecule has 1 saturated heterocycles. The molecule has 0 spiro atoms. The maximum atomic E-state index is 12.9. The lowest BCUT2D eigenvalue weighted by atomic mass is 9.90. The fourth-order valence-electron chi connectivity index (χ4n) is 3.11. The third-order valence-electron chi connectivity index (χ3n) is 4.55. The van der Waals surface area contributed by atoms with Crippen molar-refractivity contribution in [2.45, 2.75) is 32.2 Å². The molecule has 1 fully saturated rings. The SMILES string of the molecule is C[C@H](C(=O)N1CCC(Cc2ccc(F)cc2)CC1)n1cncn1. The van der Waals surface area contributed by atoms with Gasteiger partial charge in [0.2, 0.25) is 5.91 Å². The predicted molar refractivity (Wildman–Crippen MR) is 84.1 cm³/mol. The Morgan fingerprint density at radius 2 is 2.00 bits per heavy atom. The summed E-state index contributed by atoms with van der Waals surface area (Å²) >= 11 is 0. The fourth-order valence-corrected chi connectivity index (χ4v) is 3.11. The highest BCUT2D eigenvalue weighted by Gasteiger charge is 2.27. The summed E-state index contributed by atoms with van der Waals surface area (Å²) in [6.45, 7) is 3.38. The van der Waals surface area contributed by atoms with Crippen LogP contribution in [0.4, 0.5) is 4.39 Å². The number of piperidine rings is 1. The summed E-state index contributed by atoms with van der Waals surface area (Å²) in [6.07, 6.45) is 5.92. The van der Waals surface area contributed by atoms with Crippen LogP contribution in [-0.4, -0.2) is 38.7 Å². The molecule has 1 aliphatic rings. The number of carbonyl (C=O) groups is 1. The summed E-state index contributed by atoms with van der Waals surface area (Å²) in [6, 6.07) is 6.40. The molecular formula is C17H21FN4O. The molecule has 6 heteroatoms. The van der Waals surface area contributed by atoms with Gasteiger partial charge in [0.25, 0.3) is 0 Å². The van der Waals surface area contributed by atoms with Gasteiger partial charge in [-0.25, -0.2) is 14.1 Å². The van der Waals surface area contributed by atoms with Gasteiger partial charge in [0, 0.05) is 13.1 Å². The van der Waals surface area contributed by atoms with E-state index in [2.05, 4.69) is 10.1 Å². The summed E-state index contributed by atoms with van der Waals surface area (Å²) in [4.78, 5) is 18.3. The van der Waals surface area contributed by atoms with Crippen LogP contribution in [0, 0.1) is 11.7 Å². The van der Waals surface area contributed by atoms with Gasteiger partial charge in [0.05, 0.1) is 0 Å². The van der Waals surface area contributed by atoms with E-state index >= 15 is 0 Å². The highest BCUT2D eigenvalue weighted by atomic mass is 19.1. The van der Waals surface area contributed by atoms with E-state index in [-0.39, 0.29) is 17.8 Å². The molecule has 0 aliphatic carbocycles. The molecular weight excluding hydrogens is 295 g/mol. The number of carbonyl (C=O) groups excluding carboxylic acids is 1. The van der Waals surface area contributed by atoms with Gasteiger partial charge in [-0.3, -0.25) is 4.79 Å². The normalized spacial score (nSPS) is 17.2. The van der Waals surface area contributed by atoms with E-state index in [4.69, 9.17) is 0 Å². The molecule has 2 heterocycles. The largest absolute Gasteiger partial charge is 0.341 e. The number of rotatable bonds is 4. The molecule has 1 amide bonds. The number of benzene rings is 1. The summed E-state index contributed by atoms with van der Waals surface area (Å²) in [7, 11) is 0. The van der Waals surface area contributed by atoms with Crippen molar-refractivity contribution < 1.29 is 9.18 Å². The quantitative estimate of drug-likeness (QED) is 0.870. The topological polar surface area (TPSA) is 51.0 Å². The Bertz CT molecular complexity index is 633. The first-order valence-electron chi connectivity index (χ1n) is 8.01. The Morgan fingerprint density at radius 3 is 2.61 bits per heavy atom. The first kappa shape index (κ1) is 15.6. The monoisotopic (exact) mass is 316 g/mol. The Labute approximate surface area is 135 Å². The summed E-state index contributed by atoms with van der Waals surface area (Å²) in [5, 5.41) is 4.04. The minimum atomic E-state index is -0.314. The second kappa shape index (κ2) is 6.89. The Hall–Kier alpha value is -2.24. The van der Waals surface area contributed by atoms with Crippen molar-refractivity contribution >= 4 is 5.91 Å². The second-order valence-electron chi connectivity index (χ2n) is 6.15. The van der Waals surface area contributed by atoms with Crippen molar-refractivity contribution in [1.82, 2.24) is 19.7 Å². The second-order valence-corrected chi connectivity index (χ2v) is 6.15. The third kappa shape index (κ3) is 3.75. The van der Waals surface area contributed by atoms with E-state index in [0.717, 1.165) is 37.9 Å². The van der Waals surface area contributed by atoms with Crippen LogP contribution < -0.4 is 0 Å². The van der Waals surface area contributed by atoms with Crippen LogP contribution in [0.15, 0.2) is 36.9 Å². The van der Waals surface area contributed by atoms with Crippen LogP contribution in [-0.2, 0) is 11.2 Å². The van der Waals surface area contributed by atoms with Crippen LogP contribution >= 0.6 is 0 Å². The number of likely N-dealkylation sites (tertiary alicyclic amines) is 1. The molecule has 0 bridgehead atoms. The standard InChI is InChI=1S/C17H21FN4O/c1-13(22-12-19-11-20-22)17(23)21-8-6-15(7-9-21)10-14-2-4-16(18)5-3-14/h2-5,11-13,15H,6-10H2,1H3/t13-/m1/s1. The number of amides is 1. The molecule has 23 heavy (non-hydrogen) atoms. The van der Waals surface area contributed by atoms with Gasteiger partial charge in [-0.05, 0) is 49.8 Å². The minimum Gasteiger partial charge on any atom is -0.341 e. The van der Waals surface area contributed by atoms with E-state index in [1.54, 1.807) is 11.0 Å². The first-order chi connectivity index (χ1) is 11.1. The lowest BCUT2D eigenvalue weighted by Gasteiger charge is -2.33. The lowest BCUT2D eigenvalue weighted by Crippen LogP contribution is -2.42. The van der Waals surface area contributed by atoms with E-state index in [1.165, 1.54) is 18.5 Å². The molecule has 1 atom stereocenters. The van der Waals surface area contributed by atoms with E-state index in [0.29, 0.717) is 5.92 Å². The molecule has 2 aromatic rings. The molecule has 0 radical (unpaired) electrons. The first-order valence-corrected chi connectivity index (χ1v) is 8.01. The van der Waals surface area contributed by atoms with Gasteiger partial charge in [-0.1, -0.05) is 12.1 Å². The molecule has 3 rings (SSSR count). The maximum Gasteiger partial charge on any atom is 0.247 e. The molecule has 122 valence electrons. The molecule has 0 saturated carbocycles. The zero-order chi connectivity index (χ0) is 16.2. The molecule has 1 aromatic carbocycles. The summed E-state index contributed by atoms with van der Waals surface area (Å²) < 4.78 is 14.5. The van der Waals surface area contributed by atoms with Crippen LogP contribution in [0.2, 0.25) is 0 Å². The molecule has 5 nitrogen and oxygen atoms in total. The van der Waals surface area contributed by atoms with Gasteiger partial charge < -0.3 is 4.90 Å². The van der Waals surface area contributed by atoms with Gasteiger partial charge in [0.15, 0.2) is 0 Å². The third-order valence-corrected chi connectivity index (χ3v) is 4.55. The summed E-state index contributed by atoms with van der Waals surface area (Å²) in [5.74, 6) is 0.443. The smallest absolute Gasteiger partial charge is 0.247 e. The number of hydrogen-bond acceptors (Lipinski definition) is 3. The van der Waals surface area contributed by atoms with Gasteiger partial charge in [-0.15, -0.1) is 0 Å². The number of aromatic nitrogens is 3. The highest BCUT2D eigenvalue weighted by Crippen LogP contribution is 2.23. The zero-order valence-corrected chi connectivity index (χ0v) is 13.2. The van der Waals surface area contributed by atoms with E-state index in [1.807, 2.05) is 24.0 Å². The van der Waals surface area contributed by atoms with Crippen LogP contribution in [0.5, 0.6) is 0 Å². The van der Waals surface area contributed by atoms with Gasteiger partial charge in [-0.2, -0.15) is 5.10 Å². The van der Waals surface area contributed by atoms with Crippen LogP contribution in [0.3, 0.4) is 0 Å². The predicted octanol–water partition coefficient (Wildman–Crippen LogP) is 2.46.